The molecule has 0 aromatic rings. The van der Waals surface area contributed by atoms with Crippen molar-refractivity contribution < 1.29 is 57.8 Å². The molecule has 0 aromatic heterocycles. The number of amides is 3. The summed E-state index contributed by atoms with van der Waals surface area (Å²) in [7, 11) is 1.52. The van der Waals surface area contributed by atoms with Gasteiger partial charge in [0.05, 0.1) is 0 Å². The van der Waals surface area contributed by atoms with Crippen LogP contribution >= 0.6 is 0 Å². The maximum Gasteiger partial charge on any atom is 1.00 e. The molecule has 0 bridgehead atoms. The third kappa shape index (κ3) is 4.63. The first-order valence-electron chi connectivity index (χ1n) is 6.21. The average molecular weight is 340 g/mol. The van der Waals surface area contributed by atoms with E-state index in [1.165, 1.54) is 11.9 Å². The summed E-state index contributed by atoms with van der Waals surface area (Å²) in [5, 5.41) is 9.46. The Morgan fingerprint density at radius 2 is 1.95 bits per heavy atom. The fourth-order valence-electron chi connectivity index (χ4n) is 1.94. The van der Waals surface area contributed by atoms with Crippen LogP contribution in [-0.4, -0.2) is 60.7 Å². The van der Waals surface area contributed by atoms with E-state index in [0.29, 0.717) is 5.41 Å². The van der Waals surface area contributed by atoms with Crippen molar-refractivity contribution in [3.05, 3.63) is 11.0 Å². The molecule has 1 N–H and O–H groups in total. The standard InChI is InChI=1S/C12H18N2O6S.Na/c1-12(2)10(17)14(11(18)13(12)3)6-4-5-8(9(15)16)7-21(19)20;/h7H,4-6H2,1-3H3,(H,15,16)(H,19,20);/q;+1/p-1. The Bertz CT molecular complexity index is 534. The number of carbonyl (C=O) groups excluding carboxylic acids is 2. The number of carboxylic acids is 1. The van der Waals surface area contributed by atoms with Gasteiger partial charge in [-0.3, -0.25) is 13.9 Å². The second kappa shape index (κ2) is 8.21. The van der Waals surface area contributed by atoms with Crippen molar-refractivity contribution in [2.24, 2.45) is 0 Å². The van der Waals surface area contributed by atoms with E-state index in [1.807, 2.05) is 0 Å². The number of likely N-dealkylation sites (N-methyl/N-ethyl adjacent to an activating group) is 1. The molecule has 0 radical (unpaired) electrons. The van der Waals surface area contributed by atoms with Crippen LogP contribution in [0.2, 0.25) is 0 Å². The molecule has 0 aromatic carbocycles. The van der Waals surface area contributed by atoms with Crippen LogP contribution in [-0.2, 0) is 20.7 Å². The summed E-state index contributed by atoms with van der Waals surface area (Å²) >= 11 is -2.60. The minimum Gasteiger partial charge on any atom is -0.769 e. The van der Waals surface area contributed by atoms with Crippen molar-refractivity contribution >= 4 is 29.0 Å². The predicted molar refractivity (Wildman–Crippen MR) is 72.8 cm³/mol. The van der Waals surface area contributed by atoms with Crippen molar-refractivity contribution in [1.29, 1.82) is 0 Å². The summed E-state index contributed by atoms with van der Waals surface area (Å²) in [4.78, 5) is 37.2. The number of imide groups is 1. The average Bonchev–Trinajstić information content (AvgIpc) is 2.51. The summed E-state index contributed by atoms with van der Waals surface area (Å²) in [6, 6.07) is -0.446. The smallest absolute Gasteiger partial charge is 0.769 e. The number of nitrogens with zero attached hydrogens (tertiary/aromatic N) is 2. The minimum absolute atomic E-state index is 0. The van der Waals surface area contributed by atoms with Crippen molar-refractivity contribution in [3.63, 3.8) is 0 Å². The summed E-state index contributed by atoms with van der Waals surface area (Å²) in [6.07, 6.45) is 0.126. The molecule has 1 atom stereocenters. The van der Waals surface area contributed by atoms with Crippen LogP contribution in [0.5, 0.6) is 0 Å². The molecule has 1 rings (SSSR count). The van der Waals surface area contributed by atoms with Gasteiger partial charge >= 0.3 is 41.6 Å². The molecule has 10 heteroatoms. The van der Waals surface area contributed by atoms with Gasteiger partial charge in [-0.25, -0.2) is 9.59 Å². The molecule has 1 heterocycles. The van der Waals surface area contributed by atoms with Gasteiger partial charge in [0.25, 0.3) is 5.91 Å². The van der Waals surface area contributed by atoms with E-state index in [-0.39, 0.29) is 60.4 Å². The first-order chi connectivity index (χ1) is 9.59. The van der Waals surface area contributed by atoms with Crippen molar-refractivity contribution in [2.75, 3.05) is 13.6 Å². The first-order valence-corrected chi connectivity index (χ1v) is 7.34. The van der Waals surface area contributed by atoms with Crippen LogP contribution in [0, 0.1) is 0 Å². The number of aliphatic carboxylic acids is 1. The number of carbonyl (C=O) groups is 3. The molecule has 1 aliphatic heterocycles. The molecule has 3 amide bonds. The van der Waals surface area contributed by atoms with Crippen LogP contribution in [0.3, 0.4) is 0 Å². The Balaban J connectivity index is 0.00000441. The molecule has 1 unspecified atom stereocenters. The number of urea groups is 1. The van der Waals surface area contributed by atoms with Gasteiger partial charge in [-0.15, -0.1) is 0 Å². The van der Waals surface area contributed by atoms with E-state index in [9.17, 15) is 23.1 Å². The normalized spacial score (nSPS) is 19.2. The van der Waals surface area contributed by atoms with Crippen LogP contribution in [0.1, 0.15) is 26.7 Å². The van der Waals surface area contributed by atoms with Gasteiger partial charge in [-0.2, -0.15) is 0 Å². The topological polar surface area (TPSA) is 118 Å². The SMILES string of the molecule is CN1C(=O)N(CCCC(=CS(=O)[O-])C(=O)O)C(=O)C1(C)C.[Na+]. The van der Waals surface area contributed by atoms with Crippen molar-refractivity contribution in [2.45, 2.75) is 32.2 Å². The molecule has 1 aliphatic rings. The maximum absolute atomic E-state index is 12.1. The van der Waals surface area contributed by atoms with Crippen LogP contribution < -0.4 is 29.6 Å². The first kappa shape index (κ1) is 21.3. The molecule has 1 saturated heterocycles. The number of carboxylic acid groups (broad SMARTS) is 1. The van der Waals surface area contributed by atoms with Crippen LogP contribution in [0.25, 0.3) is 0 Å². The summed E-state index contributed by atoms with van der Waals surface area (Å²) in [5.74, 6) is -1.70. The molecule has 8 nitrogen and oxygen atoms in total. The zero-order chi connectivity index (χ0) is 16.4. The Morgan fingerprint density at radius 1 is 1.41 bits per heavy atom. The van der Waals surface area contributed by atoms with Gasteiger partial charge in [0.1, 0.15) is 5.54 Å². The summed E-state index contributed by atoms with van der Waals surface area (Å²) < 4.78 is 21.0. The molecule has 0 spiro atoms. The number of rotatable bonds is 6. The molecular weight excluding hydrogens is 323 g/mol. The van der Waals surface area contributed by atoms with E-state index >= 15 is 0 Å². The number of hydrogen-bond donors (Lipinski definition) is 1. The van der Waals surface area contributed by atoms with Gasteiger partial charge in [0.15, 0.2) is 0 Å². The Kier molecular flexibility index (Phi) is 7.93. The second-order valence-corrected chi connectivity index (χ2v) is 5.93. The molecular formula is C12H17N2NaO6S. The van der Waals surface area contributed by atoms with Crippen LogP contribution in [0.15, 0.2) is 11.0 Å². The van der Waals surface area contributed by atoms with E-state index in [4.69, 9.17) is 5.11 Å². The van der Waals surface area contributed by atoms with Gasteiger partial charge in [-0.05, 0) is 43.2 Å². The van der Waals surface area contributed by atoms with E-state index in [2.05, 4.69) is 0 Å². The van der Waals surface area contributed by atoms with Crippen LogP contribution in [0.4, 0.5) is 4.79 Å². The Hall–Kier alpha value is -0.740. The Morgan fingerprint density at radius 3 is 2.32 bits per heavy atom. The quantitative estimate of drug-likeness (QED) is 0.243. The molecule has 22 heavy (non-hydrogen) atoms. The van der Waals surface area contributed by atoms with E-state index in [1.54, 1.807) is 13.8 Å². The van der Waals surface area contributed by atoms with Gasteiger partial charge in [0, 0.05) is 19.2 Å². The minimum atomic E-state index is -2.60. The summed E-state index contributed by atoms with van der Waals surface area (Å²) in [6.45, 7) is 3.29. The monoisotopic (exact) mass is 340 g/mol. The fraction of sp³-hybridized carbons (Fsp3) is 0.583. The maximum atomic E-state index is 12.1. The van der Waals surface area contributed by atoms with E-state index < -0.39 is 28.6 Å². The van der Waals surface area contributed by atoms with Crippen molar-refractivity contribution in [1.82, 2.24) is 9.80 Å². The molecule has 0 saturated carbocycles. The largest absolute Gasteiger partial charge is 1.00 e. The van der Waals surface area contributed by atoms with E-state index in [0.717, 1.165) is 4.90 Å². The molecule has 118 valence electrons. The zero-order valence-corrected chi connectivity index (χ0v) is 15.8. The number of hydrogen-bond acceptors (Lipinski definition) is 5. The molecule has 1 fully saturated rings. The van der Waals surface area contributed by atoms with Gasteiger partial charge < -0.3 is 14.6 Å². The molecule has 0 aliphatic carbocycles. The second-order valence-electron chi connectivity index (χ2n) is 5.17. The summed E-state index contributed by atoms with van der Waals surface area (Å²) in [5.41, 5.74) is -1.21. The van der Waals surface area contributed by atoms with Gasteiger partial charge in [-0.1, -0.05) is 0 Å². The Labute approximate surface area is 153 Å². The third-order valence-electron chi connectivity index (χ3n) is 3.47. The van der Waals surface area contributed by atoms with Crippen molar-refractivity contribution in [3.8, 4) is 0 Å². The van der Waals surface area contributed by atoms with Gasteiger partial charge in [0.2, 0.25) is 0 Å². The third-order valence-corrected chi connectivity index (χ3v) is 3.94. The predicted octanol–water partition coefficient (Wildman–Crippen LogP) is -2.71. The fourth-order valence-corrected chi connectivity index (χ4v) is 2.39. The zero-order valence-electron chi connectivity index (χ0n) is 13.0.